The van der Waals surface area contributed by atoms with Crippen molar-refractivity contribution in [3.8, 4) is 0 Å². The van der Waals surface area contributed by atoms with Crippen molar-refractivity contribution in [1.29, 1.82) is 0 Å². The van der Waals surface area contributed by atoms with Crippen LogP contribution in [-0.2, 0) is 10.0 Å². The van der Waals surface area contributed by atoms with Crippen LogP contribution >= 0.6 is 0 Å². The summed E-state index contributed by atoms with van der Waals surface area (Å²) in [5, 5.41) is 0.847. The van der Waals surface area contributed by atoms with Crippen molar-refractivity contribution in [2.24, 2.45) is 0 Å². The Bertz CT molecular complexity index is 358. The zero-order chi connectivity index (χ0) is 9.03. The molecule has 0 aliphatic rings. The van der Waals surface area contributed by atoms with Gasteiger partial charge in [-0.25, -0.2) is 8.42 Å². The lowest BCUT2D eigenvalue weighted by Gasteiger charge is -2.01. The molecule has 64 valence electrons. The average molecular weight is 184 g/mol. The van der Waals surface area contributed by atoms with Crippen molar-refractivity contribution in [2.75, 3.05) is 4.72 Å². The highest BCUT2D eigenvalue weighted by atomic mass is 32.2. The lowest BCUT2D eigenvalue weighted by atomic mass is 10.4. The third-order valence-electron chi connectivity index (χ3n) is 1.14. The molecular weight excluding hydrogens is 176 g/mol. The van der Waals surface area contributed by atoms with E-state index in [2.05, 4.69) is 16.3 Å². The zero-order valence-corrected chi connectivity index (χ0v) is 7.08. The van der Waals surface area contributed by atoms with E-state index < -0.39 is 10.0 Å². The van der Waals surface area contributed by atoms with Crippen LogP contribution in [0.25, 0.3) is 0 Å². The second-order valence-corrected chi connectivity index (χ2v) is 3.68. The quantitative estimate of drug-likeness (QED) is 0.761. The van der Waals surface area contributed by atoms with E-state index in [9.17, 15) is 8.42 Å². The molecule has 5 heteroatoms. The van der Waals surface area contributed by atoms with Crippen LogP contribution in [-0.4, -0.2) is 13.4 Å². The highest BCUT2D eigenvalue weighted by Crippen LogP contribution is 2.05. The number of hydrogen-bond acceptors (Lipinski definition) is 3. The topological polar surface area (TPSA) is 59.1 Å². The van der Waals surface area contributed by atoms with Gasteiger partial charge in [0.1, 0.15) is 0 Å². The average Bonchev–Trinajstić information content (AvgIpc) is 2.06. The summed E-state index contributed by atoms with van der Waals surface area (Å²) >= 11 is 0. The summed E-state index contributed by atoms with van der Waals surface area (Å²) in [4.78, 5) is 3.74. The fourth-order valence-corrected chi connectivity index (χ4v) is 1.16. The normalized spacial score (nSPS) is 10.7. The van der Waals surface area contributed by atoms with Gasteiger partial charge in [0.25, 0.3) is 10.0 Å². The molecule has 0 bridgehead atoms. The van der Waals surface area contributed by atoms with E-state index in [-0.39, 0.29) is 0 Å². The van der Waals surface area contributed by atoms with Gasteiger partial charge in [0, 0.05) is 11.6 Å². The van der Waals surface area contributed by atoms with Gasteiger partial charge in [0.2, 0.25) is 0 Å². The maximum Gasteiger partial charge on any atom is 0.254 e. The van der Waals surface area contributed by atoms with E-state index in [0.717, 1.165) is 5.41 Å². The van der Waals surface area contributed by atoms with E-state index in [1.54, 1.807) is 18.3 Å². The first-order valence-corrected chi connectivity index (χ1v) is 4.74. The van der Waals surface area contributed by atoms with Gasteiger partial charge in [-0.15, -0.1) is 0 Å². The van der Waals surface area contributed by atoms with Crippen LogP contribution in [0.2, 0.25) is 0 Å². The summed E-state index contributed by atoms with van der Waals surface area (Å²) < 4.78 is 24.1. The Hall–Kier alpha value is -1.36. The lowest BCUT2D eigenvalue weighted by Crippen LogP contribution is -2.08. The monoisotopic (exact) mass is 184 g/mol. The third-order valence-corrected chi connectivity index (χ3v) is 2.10. The molecule has 1 aromatic rings. The third kappa shape index (κ3) is 2.35. The standard InChI is InChI=1S/C7H8N2O2S/c1-2-12(10,11)9-7-4-3-5-8-6-7/h2-6,9H,1H2. The first-order chi connectivity index (χ1) is 5.64. The minimum atomic E-state index is -3.40. The number of rotatable bonds is 3. The van der Waals surface area contributed by atoms with Gasteiger partial charge in [-0.05, 0) is 12.1 Å². The molecule has 1 N–H and O–H groups in total. The molecule has 0 radical (unpaired) electrons. The number of anilines is 1. The van der Waals surface area contributed by atoms with Crippen LogP contribution in [0, 0.1) is 0 Å². The molecule has 0 unspecified atom stereocenters. The van der Waals surface area contributed by atoms with Gasteiger partial charge >= 0.3 is 0 Å². The van der Waals surface area contributed by atoms with Gasteiger partial charge in [-0.1, -0.05) is 6.58 Å². The molecule has 0 saturated heterocycles. The number of sulfonamides is 1. The highest BCUT2D eigenvalue weighted by Gasteiger charge is 2.02. The van der Waals surface area contributed by atoms with E-state index in [4.69, 9.17) is 0 Å². The largest absolute Gasteiger partial charge is 0.279 e. The predicted octanol–water partition coefficient (Wildman–Crippen LogP) is 0.967. The Morgan fingerprint density at radius 3 is 2.83 bits per heavy atom. The second kappa shape index (κ2) is 3.36. The Morgan fingerprint density at radius 2 is 2.33 bits per heavy atom. The number of nitrogens with zero attached hydrogens (tertiary/aromatic N) is 1. The van der Waals surface area contributed by atoms with E-state index in [0.29, 0.717) is 5.69 Å². The molecule has 1 heterocycles. The van der Waals surface area contributed by atoms with Gasteiger partial charge < -0.3 is 0 Å². The van der Waals surface area contributed by atoms with E-state index >= 15 is 0 Å². The number of nitrogens with one attached hydrogen (secondary N) is 1. The van der Waals surface area contributed by atoms with Crippen molar-refractivity contribution < 1.29 is 8.42 Å². The molecule has 0 aliphatic carbocycles. The summed E-state index contributed by atoms with van der Waals surface area (Å²) in [6, 6.07) is 3.25. The van der Waals surface area contributed by atoms with Crippen molar-refractivity contribution >= 4 is 15.7 Å². The van der Waals surface area contributed by atoms with Crippen LogP contribution in [0.3, 0.4) is 0 Å². The zero-order valence-electron chi connectivity index (χ0n) is 6.27. The number of pyridine rings is 1. The van der Waals surface area contributed by atoms with Crippen molar-refractivity contribution in [3.05, 3.63) is 36.5 Å². The molecule has 12 heavy (non-hydrogen) atoms. The molecule has 0 fully saturated rings. The minimum Gasteiger partial charge on any atom is -0.279 e. The van der Waals surface area contributed by atoms with Crippen LogP contribution in [0.5, 0.6) is 0 Å². The molecule has 1 aromatic heterocycles. The van der Waals surface area contributed by atoms with Gasteiger partial charge in [0.15, 0.2) is 0 Å². The van der Waals surface area contributed by atoms with Crippen LogP contribution in [0.1, 0.15) is 0 Å². The number of hydrogen-bond donors (Lipinski definition) is 1. The minimum absolute atomic E-state index is 0.428. The Balaban J connectivity index is 2.85. The number of aromatic nitrogens is 1. The van der Waals surface area contributed by atoms with E-state index in [1.165, 1.54) is 6.20 Å². The van der Waals surface area contributed by atoms with Crippen LogP contribution in [0.4, 0.5) is 5.69 Å². The first kappa shape index (κ1) is 8.73. The summed E-state index contributed by atoms with van der Waals surface area (Å²) in [5.41, 5.74) is 0.428. The molecule has 4 nitrogen and oxygen atoms in total. The lowest BCUT2D eigenvalue weighted by molar-refractivity contribution is 0.609. The maximum absolute atomic E-state index is 10.9. The molecular formula is C7H8N2O2S. The molecule has 0 atom stereocenters. The summed E-state index contributed by atoms with van der Waals surface area (Å²) in [6.07, 6.45) is 2.98. The molecule has 0 amide bonds. The van der Waals surface area contributed by atoms with Crippen molar-refractivity contribution in [2.45, 2.75) is 0 Å². The summed E-state index contributed by atoms with van der Waals surface area (Å²) in [5.74, 6) is 0. The van der Waals surface area contributed by atoms with Gasteiger partial charge in [0.05, 0.1) is 11.9 Å². The molecule has 0 aromatic carbocycles. The van der Waals surface area contributed by atoms with Crippen LogP contribution in [0.15, 0.2) is 36.5 Å². The van der Waals surface area contributed by atoms with Gasteiger partial charge in [-0.3, -0.25) is 9.71 Å². The highest BCUT2D eigenvalue weighted by molar-refractivity contribution is 7.95. The molecule has 0 spiro atoms. The fraction of sp³-hybridized carbons (Fsp3) is 0. The molecule has 1 rings (SSSR count). The SMILES string of the molecule is C=CS(=O)(=O)Nc1cccnc1. The first-order valence-electron chi connectivity index (χ1n) is 3.19. The fourth-order valence-electron chi connectivity index (χ4n) is 0.629. The Morgan fingerprint density at radius 1 is 1.58 bits per heavy atom. The molecule has 0 aliphatic heterocycles. The van der Waals surface area contributed by atoms with Gasteiger partial charge in [-0.2, -0.15) is 0 Å². The summed E-state index contributed by atoms with van der Waals surface area (Å²) in [6.45, 7) is 3.16. The Kier molecular flexibility index (Phi) is 2.44. The summed E-state index contributed by atoms with van der Waals surface area (Å²) in [7, 11) is -3.40. The smallest absolute Gasteiger partial charge is 0.254 e. The van der Waals surface area contributed by atoms with Crippen molar-refractivity contribution in [3.63, 3.8) is 0 Å². The predicted molar refractivity (Wildman–Crippen MR) is 47.0 cm³/mol. The van der Waals surface area contributed by atoms with E-state index in [1.807, 2.05) is 0 Å². The molecule has 0 saturated carbocycles. The maximum atomic E-state index is 10.9. The second-order valence-electron chi connectivity index (χ2n) is 2.06. The Labute approximate surface area is 71.0 Å². The van der Waals surface area contributed by atoms with Crippen LogP contribution < -0.4 is 4.72 Å². The van der Waals surface area contributed by atoms with Crippen molar-refractivity contribution in [1.82, 2.24) is 4.98 Å².